The van der Waals surface area contributed by atoms with Crippen molar-refractivity contribution in [3.63, 3.8) is 0 Å². The quantitative estimate of drug-likeness (QED) is 0.641. The zero-order valence-electron chi connectivity index (χ0n) is 8.68. The van der Waals surface area contributed by atoms with Crippen molar-refractivity contribution >= 4 is 23.7 Å². The molecule has 0 saturated heterocycles. The first kappa shape index (κ1) is 12.8. The normalized spacial score (nSPS) is 22.2. The zero-order valence-corrected chi connectivity index (χ0v) is 12.1. The Morgan fingerprint density at radius 3 is 1.75 bits per heavy atom. The number of allylic oxidation sites excluding steroid dienone is 4. The topological polar surface area (TPSA) is 0 Å². The molecule has 1 rings (SSSR count). The molecular formula is C10H20CoTe. The monoisotopic (exact) mass is 329 g/mol. The molecule has 0 amide bonds. The number of hydrogen-bond acceptors (Lipinski definition) is 0. The average molecular weight is 327 g/mol. The number of hydrogen-bond donors (Lipinski definition) is 0. The van der Waals surface area contributed by atoms with Gasteiger partial charge in [0, 0.05) is 23.7 Å². The summed E-state index contributed by atoms with van der Waals surface area (Å²) in [6, 6.07) is 0. The standard InChI is InChI=1S/C5H5.5CH3.Co.Te/c1-2-4-5-3-1;;;;;;;/h1-3H,4H2;5*1H3;;. The second kappa shape index (κ2) is 2.64. The van der Waals surface area contributed by atoms with Gasteiger partial charge in [0.15, 0.2) is 0 Å². The van der Waals surface area contributed by atoms with Crippen molar-refractivity contribution in [2.24, 2.45) is 0 Å². The Hall–Kier alpha value is 0.776. The summed E-state index contributed by atoms with van der Waals surface area (Å²) < 4.78 is 1.65. The summed E-state index contributed by atoms with van der Waals surface area (Å²) in [5.74, 6) is 12.2. The Balaban J connectivity index is 0.00000121. The largest absolute Gasteiger partial charge is 0 e. The second-order valence-electron chi connectivity index (χ2n) is 5.38. The number of rotatable bonds is 1. The van der Waals surface area contributed by atoms with Crippen LogP contribution in [-0.2, 0) is 10.5 Å². The van der Waals surface area contributed by atoms with E-state index in [4.69, 9.17) is 0 Å². The molecule has 0 aromatic rings. The van der Waals surface area contributed by atoms with E-state index in [1.165, 1.54) is 6.42 Å². The van der Waals surface area contributed by atoms with Crippen molar-refractivity contribution in [2.75, 3.05) is 0 Å². The van der Waals surface area contributed by atoms with E-state index in [-0.39, 0.29) is 23.7 Å². The maximum absolute atomic E-state index is 2.43. The fourth-order valence-corrected chi connectivity index (χ4v) is 3.18. The smallest absolute Gasteiger partial charge is 0 e. The van der Waals surface area contributed by atoms with Crippen LogP contribution in [0.2, 0.25) is 29.3 Å². The van der Waals surface area contributed by atoms with Gasteiger partial charge in [0.05, 0.1) is 0 Å². The van der Waals surface area contributed by atoms with E-state index in [0.29, 0.717) is 0 Å². The maximum Gasteiger partial charge on any atom is 0 e. The van der Waals surface area contributed by atoms with Crippen LogP contribution in [0.25, 0.3) is 0 Å². The summed E-state index contributed by atoms with van der Waals surface area (Å²) in [6.07, 6.45) is 7.91. The average Bonchev–Trinajstić information content (AvgIpc) is 2.01. The molecule has 0 aromatic heterocycles. The fraction of sp³-hybridized carbons (Fsp3) is 0.600. The van der Waals surface area contributed by atoms with Crippen LogP contribution in [0.5, 0.6) is 0 Å². The molecule has 0 nitrogen and oxygen atoms in total. The van der Waals surface area contributed by atoms with Gasteiger partial charge in [-0.1, -0.05) is 0 Å². The molecule has 0 aromatic carbocycles. The van der Waals surface area contributed by atoms with Crippen molar-refractivity contribution < 1.29 is 10.5 Å². The molecule has 0 spiro atoms. The summed E-state index contributed by atoms with van der Waals surface area (Å²) >= 11 is 0. The van der Waals surface area contributed by atoms with E-state index in [1.54, 1.807) is 4.51 Å². The van der Waals surface area contributed by atoms with Gasteiger partial charge in [-0.05, 0) is 0 Å². The van der Waals surface area contributed by atoms with Crippen LogP contribution in [0.1, 0.15) is 6.42 Å². The van der Waals surface area contributed by atoms with E-state index < -0.39 is 10.5 Å². The third kappa shape index (κ3) is 3.26. The Morgan fingerprint density at radius 2 is 1.58 bits per heavy atom. The third-order valence-electron chi connectivity index (χ3n) is 1.78. The molecule has 0 aliphatic heterocycles. The molecule has 2 radical (unpaired) electrons. The predicted octanol–water partition coefficient (Wildman–Crippen LogP) is 3.92. The van der Waals surface area contributed by atoms with Crippen LogP contribution in [-0.4, -0.2) is 23.7 Å². The summed E-state index contributed by atoms with van der Waals surface area (Å²) in [7, 11) is -2.01. The molecule has 2 heteroatoms. The molecule has 0 fully saturated rings. The van der Waals surface area contributed by atoms with E-state index >= 15 is 0 Å². The van der Waals surface area contributed by atoms with E-state index in [2.05, 4.69) is 47.5 Å². The van der Waals surface area contributed by atoms with Gasteiger partial charge < -0.3 is 0 Å². The first-order valence-electron chi connectivity index (χ1n) is 3.55. The summed E-state index contributed by atoms with van der Waals surface area (Å²) in [5.41, 5.74) is 0. The van der Waals surface area contributed by atoms with Crippen LogP contribution in [0.15, 0.2) is 22.7 Å². The first-order chi connectivity index (χ1) is 4.59. The maximum atomic E-state index is 2.43. The van der Waals surface area contributed by atoms with Crippen LogP contribution in [0.3, 0.4) is 0 Å². The Morgan fingerprint density at radius 1 is 1.08 bits per heavy atom. The van der Waals surface area contributed by atoms with Crippen molar-refractivity contribution in [3.05, 3.63) is 22.7 Å². The van der Waals surface area contributed by atoms with Gasteiger partial charge in [0.25, 0.3) is 0 Å². The molecule has 0 unspecified atom stereocenters. The SMILES string of the molecule is [CH3][Co]([CH3])([CH3])([CH3])([CH3])[C]1=CC=CC1.[Te]. The molecule has 0 saturated carbocycles. The molecular weight excluding hydrogens is 307 g/mol. The molecule has 1 aliphatic carbocycles. The van der Waals surface area contributed by atoms with E-state index in [0.717, 1.165) is 0 Å². The van der Waals surface area contributed by atoms with Gasteiger partial charge >= 0.3 is 69.0 Å². The summed E-state index contributed by atoms with van der Waals surface area (Å²) in [4.78, 5) is 0. The van der Waals surface area contributed by atoms with Gasteiger partial charge in [-0.15, -0.1) is 0 Å². The van der Waals surface area contributed by atoms with Gasteiger partial charge in [0.1, 0.15) is 0 Å². The second-order valence-corrected chi connectivity index (χ2v) is 19.1. The molecule has 0 bridgehead atoms. The van der Waals surface area contributed by atoms with Crippen molar-refractivity contribution in [2.45, 2.75) is 35.7 Å². The predicted molar refractivity (Wildman–Crippen MR) is 56.9 cm³/mol. The fourth-order valence-electron chi connectivity index (χ4n) is 1.03. The first-order valence-corrected chi connectivity index (χ1v) is 9.28. The Kier molecular flexibility index (Phi) is 2.81. The van der Waals surface area contributed by atoms with Gasteiger partial charge in [-0.25, -0.2) is 0 Å². The van der Waals surface area contributed by atoms with Crippen LogP contribution in [0.4, 0.5) is 0 Å². The van der Waals surface area contributed by atoms with Gasteiger partial charge in [-0.3, -0.25) is 0 Å². The van der Waals surface area contributed by atoms with Crippen LogP contribution >= 0.6 is 0 Å². The minimum Gasteiger partial charge on any atom is 0 e. The zero-order chi connectivity index (χ0) is 8.81. The molecule has 1 aliphatic rings. The van der Waals surface area contributed by atoms with E-state index in [9.17, 15) is 0 Å². The minimum atomic E-state index is -2.01. The summed E-state index contributed by atoms with van der Waals surface area (Å²) in [5, 5.41) is 0. The van der Waals surface area contributed by atoms with Gasteiger partial charge in [0.2, 0.25) is 0 Å². The molecule has 0 N–H and O–H groups in total. The van der Waals surface area contributed by atoms with E-state index in [1.807, 2.05) is 0 Å². The van der Waals surface area contributed by atoms with Crippen molar-refractivity contribution in [1.82, 2.24) is 0 Å². The summed E-state index contributed by atoms with van der Waals surface area (Å²) in [6.45, 7) is 0. The minimum absolute atomic E-state index is 0. The Bertz CT molecular complexity index is 237. The van der Waals surface area contributed by atoms with Gasteiger partial charge in [-0.2, -0.15) is 0 Å². The van der Waals surface area contributed by atoms with Crippen molar-refractivity contribution in [3.8, 4) is 0 Å². The Labute approximate surface area is 92.2 Å². The molecule has 0 heterocycles. The molecule has 0 atom stereocenters. The van der Waals surface area contributed by atoms with Crippen LogP contribution in [0, 0.1) is 0 Å². The molecule has 75 valence electrons. The van der Waals surface area contributed by atoms with Crippen LogP contribution < -0.4 is 0 Å². The molecule has 12 heavy (non-hydrogen) atoms. The third-order valence-corrected chi connectivity index (χ3v) is 5.51. The van der Waals surface area contributed by atoms with Crippen molar-refractivity contribution in [1.29, 1.82) is 0 Å².